The summed E-state index contributed by atoms with van der Waals surface area (Å²) in [4.78, 5) is 12.5. The third kappa shape index (κ3) is 4.39. The molecule has 0 saturated heterocycles. The molecule has 0 atom stereocenters. The van der Waals surface area contributed by atoms with Gasteiger partial charge in [-0.25, -0.2) is 4.79 Å². The van der Waals surface area contributed by atoms with Crippen LogP contribution < -0.4 is 4.74 Å². The lowest BCUT2D eigenvalue weighted by atomic mass is 9.87. The second-order valence-corrected chi connectivity index (χ2v) is 8.16. The summed E-state index contributed by atoms with van der Waals surface area (Å²) in [6, 6.07) is 13.2. The van der Waals surface area contributed by atoms with Crippen molar-refractivity contribution in [1.29, 1.82) is 0 Å². The van der Waals surface area contributed by atoms with Crippen molar-refractivity contribution in [2.45, 2.75) is 46.6 Å². The third-order valence-corrected chi connectivity index (χ3v) is 5.09. The summed E-state index contributed by atoms with van der Waals surface area (Å²) in [7, 11) is 0. The molecule has 3 aromatic rings. The Morgan fingerprint density at radius 3 is 2.41 bits per heavy atom. The SMILES string of the molecule is CCOC(=O)c1c(C)n(CCOc2ccc(C(C)(C)C)cc2)c2ccc(O)cc12. The molecule has 0 saturated carbocycles. The van der Waals surface area contributed by atoms with Crippen LogP contribution in [0.4, 0.5) is 0 Å². The predicted octanol–water partition coefficient (Wildman–Crippen LogP) is 5.21. The number of fused-ring (bicyclic) bond motifs is 1. The van der Waals surface area contributed by atoms with Gasteiger partial charge in [-0.05, 0) is 55.2 Å². The zero-order chi connectivity index (χ0) is 21.2. The maximum Gasteiger partial charge on any atom is 0.340 e. The number of benzene rings is 2. The summed E-state index contributed by atoms with van der Waals surface area (Å²) in [6.45, 7) is 11.6. The van der Waals surface area contributed by atoms with Crippen LogP contribution in [-0.2, 0) is 16.7 Å². The monoisotopic (exact) mass is 395 g/mol. The van der Waals surface area contributed by atoms with Crippen LogP contribution >= 0.6 is 0 Å². The van der Waals surface area contributed by atoms with Crippen LogP contribution in [0.15, 0.2) is 42.5 Å². The fourth-order valence-electron chi connectivity index (χ4n) is 3.53. The average Bonchev–Trinajstić information content (AvgIpc) is 2.92. The summed E-state index contributed by atoms with van der Waals surface area (Å²) in [5, 5.41) is 10.6. The van der Waals surface area contributed by atoms with E-state index in [1.165, 1.54) is 5.56 Å². The van der Waals surface area contributed by atoms with Gasteiger partial charge in [-0.2, -0.15) is 0 Å². The van der Waals surface area contributed by atoms with Gasteiger partial charge >= 0.3 is 5.97 Å². The molecule has 0 bridgehead atoms. The second kappa shape index (κ2) is 8.19. The molecule has 1 heterocycles. The number of ether oxygens (including phenoxy) is 2. The van der Waals surface area contributed by atoms with Gasteiger partial charge in [0.2, 0.25) is 0 Å². The Bertz CT molecular complexity index is 1010. The van der Waals surface area contributed by atoms with Crippen LogP contribution in [0.1, 0.15) is 49.3 Å². The molecule has 0 radical (unpaired) electrons. The van der Waals surface area contributed by atoms with E-state index in [4.69, 9.17) is 9.47 Å². The molecule has 2 aromatic carbocycles. The lowest BCUT2D eigenvalue weighted by molar-refractivity contribution is 0.0527. The minimum atomic E-state index is -0.377. The Balaban J connectivity index is 1.81. The van der Waals surface area contributed by atoms with Crippen LogP contribution in [0.25, 0.3) is 10.9 Å². The molecule has 0 unspecified atom stereocenters. The largest absolute Gasteiger partial charge is 0.508 e. The van der Waals surface area contributed by atoms with Crippen LogP contribution in [0.2, 0.25) is 0 Å². The molecule has 0 aliphatic rings. The Kier molecular flexibility index (Phi) is 5.87. The average molecular weight is 395 g/mol. The number of esters is 1. The van der Waals surface area contributed by atoms with Gasteiger partial charge in [0, 0.05) is 16.6 Å². The number of phenolic OH excluding ortho intramolecular Hbond substituents is 1. The Morgan fingerprint density at radius 2 is 1.79 bits per heavy atom. The first-order valence-corrected chi connectivity index (χ1v) is 9.94. The predicted molar refractivity (Wildman–Crippen MR) is 115 cm³/mol. The van der Waals surface area contributed by atoms with Crippen molar-refractivity contribution in [3.05, 3.63) is 59.3 Å². The number of hydrogen-bond donors (Lipinski definition) is 1. The summed E-state index contributed by atoms with van der Waals surface area (Å²) >= 11 is 0. The van der Waals surface area contributed by atoms with Crippen molar-refractivity contribution in [3.8, 4) is 11.5 Å². The highest BCUT2D eigenvalue weighted by Crippen LogP contribution is 2.30. The van der Waals surface area contributed by atoms with Crippen molar-refractivity contribution in [2.75, 3.05) is 13.2 Å². The molecule has 0 fully saturated rings. The molecule has 0 spiro atoms. The van der Waals surface area contributed by atoms with Gasteiger partial charge in [-0.3, -0.25) is 0 Å². The first-order chi connectivity index (χ1) is 13.7. The number of hydrogen-bond acceptors (Lipinski definition) is 4. The van der Waals surface area contributed by atoms with Crippen molar-refractivity contribution in [3.63, 3.8) is 0 Å². The lowest BCUT2D eigenvalue weighted by Crippen LogP contribution is -2.12. The third-order valence-electron chi connectivity index (χ3n) is 5.09. The smallest absolute Gasteiger partial charge is 0.340 e. The van der Waals surface area contributed by atoms with E-state index in [-0.39, 0.29) is 17.1 Å². The first-order valence-electron chi connectivity index (χ1n) is 9.94. The summed E-state index contributed by atoms with van der Waals surface area (Å²) in [5.74, 6) is 0.559. The molecule has 154 valence electrons. The molecule has 0 aliphatic carbocycles. The van der Waals surface area contributed by atoms with Gasteiger partial charge in [0.1, 0.15) is 18.1 Å². The summed E-state index contributed by atoms with van der Waals surface area (Å²) < 4.78 is 13.2. The number of carbonyl (C=O) groups excluding carboxylic acids is 1. The van der Waals surface area contributed by atoms with E-state index in [0.29, 0.717) is 30.7 Å². The van der Waals surface area contributed by atoms with Gasteiger partial charge in [0.25, 0.3) is 0 Å². The quantitative estimate of drug-likeness (QED) is 0.582. The highest BCUT2D eigenvalue weighted by atomic mass is 16.5. The van der Waals surface area contributed by atoms with Crippen LogP contribution in [0.3, 0.4) is 0 Å². The number of aromatic nitrogens is 1. The van der Waals surface area contributed by atoms with Crippen LogP contribution in [0, 0.1) is 6.92 Å². The zero-order valence-corrected chi connectivity index (χ0v) is 17.8. The maximum absolute atomic E-state index is 12.5. The van der Waals surface area contributed by atoms with E-state index in [1.54, 1.807) is 19.1 Å². The lowest BCUT2D eigenvalue weighted by Gasteiger charge is -2.19. The van der Waals surface area contributed by atoms with Gasteiger partial charge in [-0.15, -0.1) is 0 Å². The van der Waals surface area contributed by atoms with Gasteiger partial charge in [0.15, 0.2) is 0 Å². The summed E-state index contributed by atoms with van der Waals surface area (Å²) in [5.41, 5.74) is 3.53. The van der Waals surface area contributed by atoms with Crippen LogP contribution in [0.5, 0.6) is 11.5 Å². The van der Waals surface area contributed by atoms with E-state index in [2.05, 4.69) is 32.9 Å². The van der Waals surface area contributed by atoms with Crippen LogP contribution in [-0.4, -0.2) is 28.9 Å². The molecule has 5 heteroatoms. The van der Waals surface area contributed by atoms with Gasteiger partial charge in [-0.1, -0.05) is 32.9 Å². The molecule has 0 amide bonds. The van der Waals surface area contributed by atoms with Gasteiger partial charge < -0.3 is 19.1 Å². The molecule has 3 rings (SSSR count). The van der Waals surface area contributed by atoms with E-state index >= 15 is 0 Å². The van der Waals surface area contributed by atoms with E-state index in [9.17, 15) is 9.90 Å². The van der Waals surface area contributed by atoms with E-state index in [0.717, 1.165) is 17.0 Å². The number of nitrogens with zero attached hydrogens (tertiary/aromatic N) is 1. The maximum atomic E-state index is 12.5. The molecule has 0 aliphatic heterocycles. The van der Waals surface area contributed by atoms with E-state index in [1.807, 2.05) is 29.7 Å². The molecule has 1 aromatic heterocycles. The first kappa shape index (κ1) is 20.8. The Hall–Kier alpha value is -2.95. The van der Waals surface area contributed by atoms with E-state index < -0.39 is 0 Å². The molecular formula is C24H29NO4. The van der Waals surface area contributed by atoms with Crippen molar-refractivity contribution in [2.24, 2.45) is 0 Å². The number of rotatable bonds is 6. The minimum absolute atomic E-state index is 0.106. The molecule has 29 heavy (non-hydrogen) atoms. The fraction of sp³-hybridized carbons (Fsp3) is 0.375. The minimum Gasteiger partial charge on any atom is -0.508 e. The Morgan fingerprint density at radius 1 is 1.10 bits per heavy atom. The van der Waals surface area contributed by atoms with Crippen molar-refractivity contribution >= 4 is 16.9 Å². The molecule has 5 nitrogen and oxygen atoms in total. The number of carbonyl (C=O) groups is 1. The highest BCUT2D eigenvalue weighted by molar-refractivity contribution is 6.06. The van der Waals surface area contributed by atoms with Crippen molar-refractivity contribution < 1.29 is 19.4 Å². The number of phenols is 1. The topological polar surface area (TPSA) is 60.7 Å². The number of aromatic hydroxyl groups is 1. The second-order valence-electron chi connectivity index (χ2n) is 8.16. The standard InChI is InChI=1S/C24H29NO4/c1-6-28-23(27)22-16(2)25(21-12-9-18(26)15-20(21)22)13-14-29-19-10-7-17(8-11-19)24(3,4)5/h7-12,15,26H,6,13-14H2,1-5H3. The Labute approximate surface area is 171 Å². The molecular weight excluding hydrogens is 366 g/mol. The molecule has 1 N–H and O–H groups in total. The fourth-order valence-corrected chi connectivity index (χ4v) is 3.53. The summed E-state index contributed by atoms with van der Waals surface area (Å²) in [6.07, 6.45) is 0. The zero-order valence-electron chi connectivity index (χ0n) is 17.8. The van der Waals surface area contributed by atoms with Crippen molar-refractivity contribution in [1.82, 2.24) is 4.57 Å². The van der Waals surface area contributed by atoms with Gasteiger partial charge in [0.05, 0.1) is 18.7 Å². The normalized spacial score (nSPS) is 11.6. The highest BCUT2D eigenvalue weighted by Gasteiger charge is 2.21.